The number of anilines is 1. The topological polar surface area (TPSA) is 80.5 Å². The maximum absolute atomic E-state index is 13.0. The number of hydrogen-bond acceptors (Lipinski definition) is 3. The largest absolute Gasteiger partial charge is 0.368 e. The lowest BCUT2D eigenvalue weighted by Gasteiger charge is -2.26. The first-order valence-electron chi connectivity index (χ1n) is 7.29. The number of benzene rings is 2. The SMILES string of the molecule is CC(C)c1ccccc1N(CC(N)=O)S(=O)(=O)c1ccccc1. The summed E-state index contributed by atoms with van der Waals surface area (Å²) in [6, 6.07) is 15.2. The number of primary amides is 1. The molecule has 2 N–H and O–H groups in total. The second kappa shape index (κ2) is 6.83. The van der Waals surface area contributed by atoms with Gasteiger partial charge in [0.25, 0.3) is 10.0 Å². The molecule has 0 saturated carbocycles. The number of carbonyl (C=O) groups is 1. The van der Waals surface area contributed by atoms with E-state index in [9.17, 15) is 13.2 Å². The zero-order valence-corrected chi connectivity index (χ0v) is 14.0. The molecule has 0 aliphatic carbocycles. The van der Waals surface area contributed by atoms with Crippen LogP contribution in [0.5, 0.6) is 0 Å². The van der Waals surface area contributed by atoms with Gasteiger partial charge in [0.1, 0.15) is 6.54 Å². The lowest BCUT2D eigenvalue weighted by atomic mass is 10.0. The molecule has 0 aromatic heterocycles. The Bertz CT molecular complexity index is 786. The van der Waals surface area contributed by atoms with Gasteiger partial charge in [0.15, 0.2) is 0 Å². The van der Waals surface area contributed by atoms with E-state index >= 15 is 0 Å². The second-order valence-corrected chi connectivity index (χ2v) is 7.37. The molecule has 6 heteroatoms. The first-order valence-corrected chi connectivity index (χ1v) is 8.73. The molecule has 23 heavy (non-hydrogen) atoms. The van der Waals surface area contributed by atoms with Gasteiger partial charge >= 0.3 is 0 Å². The van der Waals surface area contributed by atoms with Crippen molar-refractivity contribution < 1.29 is 13.2 Å². The fourth-order valence-electron chi connectivity index (χ4n) is 2.36. The Balaban J connectivity index is 2.62. The van der Waals surface area contributed by atoms with E-state index in [4.69, 9.17) is 5.73 Å². The van der Waals surface area contributed by atoms with Crippen molar-refractivity contribution in [2.45, 2.75) is 24.7 Å². The lowest BCUT2D eigenvalue weighted by molar-refractivity contribution is -0.116. The number of nitrogens with zero attached hydrogens (tertiary/aromatic N) is 1. The minimum absolute atomic E-state index is 0.104. The fourth-order valence-corrected chi connectivity index (χ4v) is 3.84. The lowest BCUT2D eigenvalue weighted by Crippen LogP contribution is -2.39. The first-order chi connectivity index (χ1) is 10.8. The zero-order chi connectivity index (χ0) is 17.0. The van der Waals surface area contributed by atoms with Gasteiger partial charge < -0.3 is 5.73 Å². The summed E-state index contributed by atoms with van der Waals surface area (Å²) in [4.78, 5) is 11.6. The van der Waals surface area contributed by atoms with Gasteiger partial charge in [-0.1, -0.05) is 50.2 Å². The Hall–Kier alpha value is -2.34. The molecule has 122 valence electrons. The van der Waals surface area contributed by atoms with E-state index in [1.54, 1.807) is 30.3 Å². The minimum Gasteiger partial charge on any atom is -0.368 e. The van der Waals surface area contributed by atoms with Crippen LogP contribution in [0.3, 0.4) is 0 Å². The monoisotopic (exact) mass is 332 g/mol. The molecule has 0 unspecified atom stereocenters. The Morgan fingerprint density at radius 2 is 1.61 bits per heavy atom. The van der Waals surface area contributed by atoms with E-state index in [-0.39, 0.29) is 10.8 Å². The van der Waals surface area contributed by atoms with Crippen LogP contribution in [0.1, 0.15) is 25.3 Å². The maximum Gasteiger partial charge on any atom is 0.264 e. The summed E-state index contributed by atoms with van der Waals surface area (Å²) in [6.45, 7) is 3.54. The van der Waals surface area contributed by atoms with E-state index < -0.39 is 22.5 Å². The Kier molecular flexibility index (Phi) is 5.05. The van der Waals surface area contributed by atoms with Gasteiger partial charge in [-0.2, -0.15) is 0 Å². The van der Waals surface area contributed by atoms with Crippen LogP contribution in [-0.4, -0.2) is 20.9 Å². The van der Waals surface area contributed by atoms with Crippen LogP contribution in [-0.2, 0) is 14.8 Å². The van der Waals surface area contributed by atoms with E-state index in [1.807, 2.05) is 26.0 Å². The fraction of sp³-hybridized carbons (Fsp3) is 0.235. The Morgan fingerprint density at radius 3 is 2.17 bits per heavy atom. The van der Waals surface area contributed by atoms with Crippen molar-refractivity contribution in [1.29, 1.82) is 0 Å². The van der Waals surface area contributed by atoms with Gasteiger partial charge in [0, 0.05) is 0 Å². The molecule has 0 aliphatic rings. The van der Waals surface area contributed by atoms with E-state index in [1.165, 1.54) is 12.1 Å². The molecule has 0 atom stereocenters. The van der Waals surface area contributed by atoms with Gasteiger partial charge in [-0.25, -0.2) is 8.42 Å². The molecular formula is C17H20N2O3S. The van der Waals surface area contributed by atoms with Gasteiger partial charge in [-0.3, -0.25) is 9.10 Å². The van der Waals surface area contributed by atoms with E-state index in [0.717, 1.165) is 9.87 Å². The average molecular weight is 332 g/mol. The molecule has 1 amide bonds. The third kappa shape index (κ3) is 3.71. The highest BCUT2D eigenvalue weighted by molar-refractivity contribution is 7.92. The predicted octanol–water partition coefficient (Wildman–Crippen LogP) is 2.49. The molecule has 0 aliphatic heterocycles. The summed E-state index contributed by atoms with van der Waals surface area (Å²) >= 11 is 0. The van der Waals surface area contributed by atoms with Crippen LogP contribution in [0.2, 0.25) is 0 Å². The van der Waals surface area contributed by atoms with Crippen LogP contribution in [0.4, 0.5) is 5.69 Å². The summed E-state index contributed by atoms with van der Waals surface area (Å²) < 4.78 is 27.0. The van der Waals surface area contributed by atoms with Crippen molar-refractivity contribution in [1.82, 2.24) is 0 Å². The molecule has 5 nitrogen and oxygen atoms in total. The third-order valence-corrected chi connectivity index (χ3v) is 5.23. The smallest absolute Gasteiger partial charge is 0.264 e. The molecular weight excluding hydrogens is 312 g/mol. The number of carbonyl (C=O) groups excluding carboxylic acids is 1. The Labute approximate surface area is 136 Å². The number of sulfonamides is 1. The minimum atomic E-state index is -3.87. The van der Waals surface area contributed by atoms with Crippen LogP contribution in [0, 0.1) is 0 Å². The third-order valence-electron chi connectivity index (χ3n) is 3.46. The molecule has 0 fully saturated rings. The highest BCUT2D eigenvalue weighted by Crippen LogP contribution is 2.31. The predicted molar refractivity (Wildman–Crippen MR) is 90.7 cm³/mol. The molecule has 0 heterocycles. The number of hydrogen-bond donors (Lipinski definition) is 1. The van der Waals surface area contributed by atoms with Crippen molar-refractivity contribution in [3.63, 3.8) is 0 Å². The van der Waals surface area contributed by atoms with E-state index in [0.29, 0.717) is 5.69 Å². The average Bonchev–Trinajstić information content (AvgIpc) is 2.53. The summed E-state index contributed by atoms with van der Waals surface area (Å²) in [5.41, 5.74) is 6.60. The van der Waals surface area contributed by atoms with Crippen LogP contribution >= 0.6 is 0 Å². The van der Waals surface area contributed by atoms with Gasteiger partial charge in [0.2, 0.25) is 5.91 Å². The summed E-state index contributed by atoms with van der Waals surface area (Å²) in [7, 11) is -3.87. The number of para-hydroxylation sites is 1. The molecule has 0 radical (unpaired) electrons. The summed E-state index contributed by atoms with van der Waals surface area (Å²) in [6.07, 6.45) is 0. The first kappa shape index (κ1) is 17.0. The van der Waals surface area contributed by atoms with Crippen LogP contribution < -0.4 is 10.0 Å². The molecule has 2 aromatic carbocycles. The van der Waals surface area contributed by atoms with Gasteiger partial charge in [0.05, 0.1) is 10.6 Å². The standard InChI is InChI=1S/C17H20N2O3S/c1-13(2)15-10-6-7-11-16(15)19(12-17(18)20)23(21,22)14-8-4-3-5-9-14/h3-11,13H,12H2,1-2H3,(H2,18,20). The highest BCUT2D eigenvalue weighted by atomic mass is 32.2. The molecule has 2 rings (SSSR count). The van der Waals surface area contributed by atoms with Crippen molar-refractivity contribution in [2.24, 2.45) is 5.73 Å². The van der Waals surface area contributed by atoms with Crippen LogP contribution in [0.15, 0.2) is 59.5 Å². The number of rotatable bonds is 6. The highest BCUT2D eigenvalue weighted by Gasteiger charge is 2.28. The number of nitrogens with two attached hydrogens (primary N) is 1. The molecule has 0 saturated heterocycles. The van der Waals surface area contributed by atoms with Gasteiger partial charge in [-0.15, -0.1) is 0 Å². The molecule has 0 spiro atoms. The van der Waals surface area contributed by atoms with Crippen molar-refractivity contribution in [3.05, 3.63) is 60.2 Å². The van der Waals surface area contributed by atoms with E-state index in [2.05, 4.69) is 0 Å². The van der Waals surface area contributed by atoms with Crippen molar-refractivity contribution >= 4 is 21.6 Å². The van der Waals surface area contributed by atoms with Crippen molar-refractivity contribution in [2.75, 3.05) is 10.8 Å². The van der Waals surface area contributed by atoms with Crippen molar-refractivity contribution in [3.8, 4) is 0 Å². The van der Waals surface area contributed by atoms with Crippen LogP contribution in [0.25, 0.3) is 0 Å². The number of amides is 1. The molecule has 0 bridgehead atoms. The van der Waals surface area contributed by atoms with Gasteiger partial charge in [-0.05, 0) is 29.7 Å². The molecule has 2 aromatic rings. The normalized spacial score (nSPS) is 11.4. The summed E-state index contributed by atoms with van der Waals surface area (Å²) in [5.74, 6) is -0.601. The maximum atomic E-state index is 13.0. The second-order valence-electron chi connectivity index (χ2n) is 5.50. The zero-order valence-electron chi connectivity index (χ0n) is 13.1. The Morgan fingerprint density at radius 1 is 1.04 bits per heavy atom. The quantitative estimate of drug-likeness (QED) is 0.882. The summed E-state index contributed by atoms with van der Waals surface area (Å²) in [5, 5.41) is 0.